The van der Waals surface area contributed by atoms with Crippen LogP contribution in [0, 0.1) is 0 Å². The SMILES string of the molecule is COc1cc2cc(C(=O)CCC(=O)O)sc2cc1/C=C\c1cc2cc(C(=O)CCC(=O)O)sc2cc1OC. The molecule has 0 amide bonds. The van der Waals surface area contributed by atoms with Crippen molar-refractivity contribution in [2.45, 2.75) is 25.7 Å². The van der Waals surface area contributed by atoms with Crippen molar-refractivity contribution in [3.63, 3.8) is 0 Å². The number of Topliss-reactive ketones (excluding diaryl/α,β-unsaturated/α-hetero) is 2. The van der Waals surface area contributed by atoms with Gasteiger partial charge in [0.2, 0.25) is 0 Å². The lowest BCUT2D eigenvalue weighted by molar-refractivity contribution is -0.137. The molecule has 2 N–H and O–H groups in total. The van der Waals surface area contributed by atoms with Gasteiger partial charge in [-0.3, -0.25) is 19.2 Å². The maximum atomic E-state index is 12.4. The Hall–Kier alpha value is -4.02. The minimum atomic E-state index is -1.01. The summed E-state index contributed by atoms with van der Waals surface area (Å²) in [5.41, 5.74) is 1.56. The van der Waals surface area contributed by atoms with Crippen molar-refractivity contribution in [2.24, 2.45) is 0 Å². The molecule has 4 rings (SSSR count). The summed E-state index contributed by atoms with van der Waals surface area (Å²) in [5.74, 6) is -1.21. The fourth-order valence-corrected chi connectivity index (χ4v) is 6.02. The lowest BCUT2D eigenvalue weighted by atomic mass is 10.1. The van der Waals surface area contributed by atoms with Crippen LogP contribution in [0.2, 0.25) is 0 Å². The van der Waals surface area contributed by atoms with Crippen molar-refractivity contribution < 1.29 is 38.9 Å². The summed E-state index contributed by atoms with van der Waals surface area (Å²) in [6, 6.07) is 11.0. The van der Waals surface area contributed by atoms with E-state index in [2.05, 4.69) is 0 Å². The van der Waals surface area contributed by atoms with Gasteiger partial charge in [0.15, 0.2) is 11.6 Å². The molecule has 0 bridgehead atoms. The molecule has 2 aromatic heterocycles. The van der Waals surface area contributed by atoms with E-state index in [4.69, 9.17) is 19.7 Å². The van der Waals surface area contributed by atoms with Gasteiger partial charge in [0.05, 0.1) is 36.8 Å². The minimum Gasteiger partial charge on any atom is -0.496 e. The second-order valence-electron chi connectivity index (χ2n) is 8.45. The van der Waals surface area contributed by atoms with Gasteiger partial charge in [0.1, 0.15) is 11.5 Å². The van der Waals surface area contributed by atoms with Crippen LogP contribution >= 0.6 is 22.7 Å². The summed E-state index contributed by atoms with van der Waals surface area (Å²) in [6.07, 6.45) is 3.22. The maximum absolute atomic E-state index is 12.4. The quantitative estimate of drug-likeness (QED) is 0.153. The van der Waals surface area contributed by atoms with Crippen LogP contribution in [0.5, 0.6) is 11.5 Å². The number of aliphatic carboxylic acids is 2. The Morgan fingerprint density at radius 1 is 0.658 bits per heavy atom. The number of fused-ring (bicyclic) bond motifs is 2. The Morgan fingerprint density at radius 3 is 1.61 bits per heavy atom. The van der Waals surface area contributed by atoms with Gasteiger partial charge in [0.25, 0.3) is 0 Å². The first-order chi connectivity index (χ1) is 18.2. The maximum Gasteiger partial charge on any atom is 0.303 e. The van der Waals surface area contributed by atoms with Crippen LogP contribution in [-0.4, -0.2) is 47.9 Å². The summed E-state index contributed by atoms with van der Waals surface area (Å²) in [5, 5.41) is 19.4. The second kappa shape index (κ2) is 11.6. The summed E-state index contributed by atoms with van der Waals surface area (Å²) in [6.45, 7) is 0. The fourth-order valence-electron chi connectivity index (χ4n) is 3.92. The van der Waals surface area contributed by atoms with E-state index in [1.807, 2.05) is 36.4 Å². The molecule has 0 unspecified atom stereocenters. The summed E-state index contributed by atoms with van der Waals surface area (Å²) >= 11 is 2.61. The Balaban J connectivity index is 1.64. The van der Waals surface area contributed by atoms with Crippen molar-refractivity contribution in [1.82, 2.24) is 0 Å². The number of ether oxygens (including phenoxy) is 2. The molecule has 2 heterocycles. The highest BCUT2D eigenvalue weighted by molar-refractivity contribution is 7.21. The average molecular weight is 553 g/mol. The number of methoxy groups -OCH3 is 2. The highest BCUT2D eigenvalue weighted by atomic mass is 32.1. The molecule has 10 heteroatoms. The third kappa shape index (κ3) is 6.09. The molecule has 8 nitrogen and oxygen atoms in total. The van der Waals surface area contributed by atoms with Gasteiger partial charge in [-0.2, -0.15) is 0 Å². The summed E-state index contributed by atoms with van der Waals surface area (Å²) in [7, 11) is 3.12. The van der Waals surface area contributed by atoms with E-state index in [1.165, 1.54) is 22.7 Å². The summed E-state index contributed by atoms with van der Waals surface area (Å²) in [4.78, 5) is 47.4. The third-order valence-corrected chi connectivity index (χ3v) is 8.14. The standard InChI is InChI=1S/C28H24O8S2/c1-35-21-10-18-13-26(20(30)6-8-28(33)34)37-23(18)11-16(21)4-3-15-9-17-12-25(19(29)5-7-27(31)32)38-24(17)14-22(15)36-2/h3-4,9-14H,5-8H2,1-2H3,(H,31,32)(H,33,34)/b4-3-. The monoisotopic (exact) mass is 552 g/mol. The number of carbonyl (C=O) groups is 4. The first-order valence-corrected chi connectivity index (χ1v) is 13.2. The second-order valence-corrected chi connectivity index (χ2v) is 10.6. The first kappa shape index (κ1) is 27.0. The lowest BCUT2D eigenvalue weighted by Crippen LogP contribution is -2.01. The number of thiophene rings is 2. The van der Waals surface area contributed by atoms with Crippen molar-refractivity contribution >= 4 is 78.5 Å². The predicted octanol–water partition coefficient (Wildman–Crippen LogP) is 6.40. The van der Waals surface area contributed by atoms with Gasteiger partial charge in [-0.15, -0.1) is 22.7 Å². The molecule has 0 saturated heterocycles. The number of carboxylic acid groups (broad SMARTS) is 2. The molecular formula is C28H24O8S2. The van der Waals surface area contributed by atoms with E-state index in [0.717, 1.165) is 31.3 Å². The van der Waals surface area contributed by atoms with Crippen LogP contribution < -0.4 is 9.47 Å². The molecule has 0 radical (unpaired) electrons. The highest BCUT2D eigenvalue weighted by Crippen LogP contribution is 2.36. The Labute approximate surface area is 225 Å². The van der Waals surface area contributed by atoms with E-state index in [9.17, 15) is 19.2 Å². The number of hydrogen-bond donors (Lipinski definition) is 2. The van der Waals surface area contributed by atoms with E-state index < -0.39 is 11.9 Å². The molecule has 0 aliphatic heterocycles. The zero-order valence-electron chi connectivity index (χ0n) is 20.6. The van der Waals surface area contributed by atoms with Crippen LogP contribution in [0.25, 0.3) is 32.3 Å². The van der Waals surface area contributed by atoms with Gasteiger partial charge in [-0.1, -0.05) is 12.2 Å². The molecule has 0 fully saturated rings. The van der Waals surface area contributed by atoms with Gasteiger partial charge in [-0.05, 0) is 47.2 Å². The van der Waals surface area contributed by atoms with Crippen LogP contribution in [0.1, 0.15) is 56.2 Å². The highest BCUT2D eigenvalue weighted by Gasteiger charge is 2.16. The fraction of sp³-hybridized carbons (Fsp3) is 0.214. The number of benzene rings is 2. The normalized spacial score (nSPS) is 11.3. The molecule has 0 saturated carbocycles. The molecule has 0 spiro atoms. The molecule has 196 valence electrons. The van der Waals surface area contributed by atoms with Crippen molar-refractivity contribution in [1.29, 1.82) is 0 Å². The van der Waals surface area contributed by atoms with Crippen LogP contribution in [0.3, 0.4) is 0 Å². The number of carbonyl (C=O) groups excluding carboxylic acids is 2. The largest absolute Gasteiger partial charge is 0.496 e. The Bertz CT molecular complexity index is 1470. The molecule has 0 aliphatic carbocycles. The predicted molar refractivity (Wildman–Crippen MR) is 148 cm³/mol. The van der Waals surface area contributed by atoms with Crippen molar-refractivity contribution in [2.75, 3.05) is 14.2 Å². The molecule has 2 aromatic carbocycles. The van der Waals surface area contributed by atoms with E-state index in [0.29, 0.717) is 21.3 Å². The lowest BCUT2D eigenvalue weighted by Gasteiger charge is -2.07. The first-order valence-electron chi connectivity index (χ1n) is 11.6. The van der Waals surface area contributed by atoms with Crippen molar-refractivity contribution in [3.05, 3.63) is 57.3 Å². The summed E-state index contributed by atoms with van der Waals surface area (Å²) < 4.78 is 12.9. The number of ketones is 2. The van der Waals surface area contributed by atoms with E-state index in [1.54, 1.807) is 26.4 Å². The molecule has 0 atom stereocenters. The van der Waals surface area contributed by atoms with Gasteiger partial charge in [-0.25, -0.2) is 0 Å². The van der Waals surface area contributed by atoms with Crippen LogP contribution in [0.15, 0.2) is 36.4 Å². The van der Waals surface area contributed by atoms with E-state index >= 15 is 0 Å². The number of carboxylic acids is 2. The Kier molecular flexibility index (Phi) is 8.23. The smallest absolute Gasteiger partial charge is 0.303 e. The molecule has 38 heavy (non-hydrogen) atoms. The van der Waals surface area contributed by atoms with Gasteiger partial charge >= 0.3 is 11.9 Å². The topological polar surface area (TPSA) is 127 Å². The zero-order valence-corrected chi connectivity index (χ0v) is 22.2. The zero-order chi connectivity index (χ0) is 27.4. The van der Waals surface area contributed by atoms with Crippen molar-refractivity contribution in [3.8, 4) is 11.5 Å². The molecule has 4 aromatic rings. The Morgan fingerprint density at radius 2 is 1.11 bits per heavy atom. The van der Waals surface area contributed by atoms with Crippen LogP contribution in [-0.2, 0) is 9.59 Å². The van der Waals surface area contributed by atoms with Gasteiger partial charge in [0, 0.05) is 33.4 Å². The molecule has 0 aliphatic rings. The molecular weight excluding hydrogens is 528 g/mol. The number of hydrogen-bond acceptors (Lipinski definition) is 8. The third-order valence-electron chi connectivity index (χ3n) is 5.86. The van der Waals surface area contributed by atoms with E-state index in [-0.39, 0.29) is 37.2 Å². The minimum absolute atomic E-state index is 0.0517. The average Bonchev–Trinajstić information content (AvgIpc) is 3.51. The number of rotatable bonds is 12. The van der Waals surface area contributed by atoms with Gasteiger partial charge < -0.3 is 19.7 Å². The van der Waals surface area contributed by atoms with Crippen LogP contribution in [0.4, 0.5) is 0 Å².